The van der Waals surface area contributed by atoms with Crippen LogP contribution in [0, 0.1) is 0 Å². The Kier molecular flexibility index (Phi) is 10.7. The van der Waals surface area contributed by atoms with Crippen LogP contribution in [0.1, 0.15) is 76.7 Å². The highest BCUT2D eigenvalue weighted by Crippen LogP contribution is 2.30. The Morgan fingerprint density at radius 1 is 0.872 bits per heavy atom. The molecule has 0 aromatic heterocycles. The van der Waals surface area contributed by atoms with Gasteiger partial charge < -0.3 is 34.3 Å². The van der Waals surface area contributed by atoms with E-state index in [1.54, 1.807) is 18.2 Å². The molecule has 0 unspecified atom stereocenters. The molecule has 2 heterocycles. The van der Waals surface area contributed by atoms with Crippen LogP contribution in [0.25, 0.3) is 22.6 Å². The van der Waals surface area contributed by atoms with E-state index in [1.807, 2.05) is 6.07 Å². The number of ether oxygens (including phenoxy) is 2. The van der Waals surface area contributed by atoms with Gasteiger partial charge in [0.15, 0.2) is 16.8 Å². The lowest BCUT2D eigenvalue weighted by Crippen LogP contribution is -2.60. The van der Waals surface area contributed by atoms with Gasteiger partial charge in [-0.15, -0.1) is 0 Å². The number of unbranched alkanes of at least 4 members (excludes halogenated alkanes) is 9. The first-order chi connectivity index (χ1) is 18.9. The fourth-order valence-electron chi connectivity index (χ4n) is 5.05. The Morgan fingerprint density at radius 2 is 1.56 bits per heavy atom. The minimum absolute atomic E-state index is 0.0722. The van der Waals surface area contributed by atoms with Gasteiger partial charge in [-0.3, -0.25) is 4.79 Å². The van der Waals surface area contributed by atoms with Crippen LogP contribution in [0.3, 0.4) is 0 Å². The first kappa shape index (κ1) is 29.4. The maximum atomic E-state index is 12.7. The van der Waals surface area contributed by atoms with Crippen molar-refractivity contribution in [2.45, 2.75) is 108 Å². The molecule has 4 N–H and O–H groups in total. The summed E-state index contributed by atoms with van der Waals surface area (Å²) in [6.45, 7) is 1.69. The molecule has 9 heteroatoms. The van der Waals surface area contributed by atoms with E-state index in [2.05, 4.69) is 11.9 Å². The highest BCUT2D eigenvalue weighted by Gasteiger charge is 2.44. The standard InChI is InChI=1S/C30H41NO8/c1-2-3-4-5-6-7-8-9-10-11-12-19-15-22-25(17-23(19)33)38-24-16-20(13-14-21(24)31-22)37-30-29(36)28(35)27(34)26(18-32)39-30/h13-17,26-30,32,34-36H,2-12,18H2,1H3/t26-,27+,28+,29-,30-/m1/s1. The van der Waals surface area contributed by atoms with Crippen molar-refractivity contribution in [2.75, 3.05) is 6.61 Å². The molecular formula is C30H41NO8. The van der Waals surface area contributed by atoms with Crippen molar-refractivity contribution in [2.24, 2.45) is 0 Å². The van der Waals surface area contributed by atoms with E-state index in [0.29, 0.717) is 22.6 Å². The Hall–Kier alpha value is -2.56. The predicted molar refractivity (Wildman–Crippen MR) is 147 cm³/mol. The first-order valence-corrected chi connectivity index (χ1v) is 14.3. The lowest BCUT2D eigenvalue weighted by atomic mass is 9.99. The van der Waals surface area contributed by atoms with Gasteiger partial charge in [0, 0.05) is 17.7 Å². The zero-order chi connectivity index (χ0) is 27.8. The quantitative estimate of drug-likeness (QED) is 0.176. The Labute approximate surface area is 228 Å². The molecule has 9 nitrogen and oxygen atoms in total. The Bertz CT molecular complexity index is 1210. The molecule has 0 spiro atoms. The van der Waals surface area contributed by atoms with Gasteiger partial charge in [0.25, 0.3) is 0 Å². The van der Waals surface area contributed by atoms with Crippen molar-refractivity contribution in [3.8, 4) is 17.2 Å². The van der Waals surface area contributed by atoms with Crippen LogP contribution in [-0.2, 0) is 11.2 Å². The minimum Gasteiger partial charge on any atom is -0.462 e. The summed E-state index contributed by atoms with van der Waals surface area (Å²) in [5, 5.41) is 39.5. The maximum Gasteiger partial charge on any atom is 0.229 e. The highest BCUT2D eigenvalue weighted by atomic mass is 16.7. The normalized spacial score (nSPS) is 23.5. The smallest absolute Gasteiger partial charge is 0.229 e. The lowest BCUT2D eigenvalue weighted by Gasteiger charge is -2.39. The van der Waals surface area contributed by atoms with Crippen molar-refractivity contribution in [3.63, 3.8) is 0 Å². The predicted octanol–water partition coefficient (Wildman–Crippen LogP) is 3.93. The Morgan fingerprint density at radius 3 is 2.26 bits per heavy atom. The SMILES string of the molecule is CCCCCCCCCCCCc1cc2nc3ccc(O[C@@H]4O[C@H](CO)[C@H](O)[C@H](O)[C@H]4O)cc3oc-2cc1=O. The number of aromatic nitrogens is 1. The maximum absolute atomic E-state index is 12.7. The third kappa shape index (κ3) is 7.55. The van der Waals surface area contributed by atoms with E-state index < -0.39 is 37.3 Å². The zero-order valence-electron chi connectivity index (χ0n) is 22.6. The number of fused-ring (bicyclic) bond motifs is 2. The molecular weight excluding hydrogens is 502 g/mol. The van der Waals surface area contributed by atoms with Gasteiger partial charge in [-0.25, -0.2) is 4.98 Å². The third-order valence-corrected chi connectivity index (χ3v) is 7.43. The molecule has 1 saturated heterocycles. The van der Waals surface area contributed by atoms with E-state index in [9.17, 15) is 25.2 Å². The summed E-state index contributed by atoms with van der Waals surface area (Å²) in [6.07, 6.45) is 6.23. The van der Waals surface area contributed by atoms with Crippen LogP contribution in [-0.4, -0.2) is 62.7 Å². The fraction of sp³-hybridized carbons (Fsp3) is 0.600. The largest absolute Gasteiger partial charge is 0.462 e. The molecule has 4 rings (SSSR count). The van der Waals surface area contributed by atoms with Crippen LogP contribution >= 0.6 is 0 Å². The molecule has 0 bridgehead atoms. The summed E-state index contributed by atoms with van der Waals surface area (Å²) in [6, 6.07) is 8.13. The number of nitrogens with zero attached hydrogens (tertiary/aromatic N) is 1. The van der Waals surface area contributed by atoms with Gasteiger partial charge in [0.1, 0.15) is 41.4 Å². The molecule has 1 aromatic carbocycles. The number of aliphatic hydroxyl groups excluding tert-OH is 4. The molecule has 2 aliphatic heterocycles. The van der Waals surface area contributed by atoms with Crippen LogP contribution in [0.15, 0.2) is 39.5 Å². The van der Waals surface area contributed by atoms with Gasteiger partial charge in [0.2, 0.25) is 6.29 Å². The summed E-state index contributed by atoms with van der Waals surface area (Å²) in [7, 11) is 0. The number of hydrogen-bond donors (Lipinski definition) is 4. The van der Waals surface area contributed by atoms with E-state index in [4.69, 9.17) is 13.9 Å². The summed E-state index contributed by atoms with van der Waals surface area (Å²) in [5.41, 5.74) is 2.20. The van der Waals surface area contributed by atoms with Crippen molar-refractivity contribution in [3.05, 3.63) is 46.1 Å². The molecule has 3 aliphatic rings. The second-order valence-corrected chi connectivity index (χ2v) is 10.5. The first-order valence-electron chi connectivity index (χ1n) is 14.3. The van der Waals surface area contributed by atoms with E-state index in [0.717, 1.165) is 24.8 Å². The van der Waals surface area contributed by atoms with Crippen molar-refractivity contribution in [1.29, 1.82) is 0 Å². The molecule has 0 radical (unpaired) electrons. The number of rotatable bonds is 14. The summed E-state index contributed by atoms with van der Waals surface area (Å²) in [5.74, 6) is 0.626. The van der Waals surface area contributed by atoms with Crippen LogP contribution in [0.5, 0.6) is 5.75 Å². The fourth-order valence-corrected chi connectivity index (χ4v) is 5.05. The second-order valence-electron chi connectivity index (χ2n) is 10.5. The molecule has 5 atom stereocenters. The molecule has 0 amide bonds. The van der Waals surface area contributed by atoms with Gasteiger partial charge in [-0.1, -0.05) is 64.7 Å². The lowest BCUT2D eigenvalue weighted by molar-refractivity contribution is -0.277. The number of aryl methyl sites for hydroxylation is 1. The van der Waals surface area contributed by atoms with Gasteiger partial charge in [-0.2, -0.15) is 0 Å². The van der Waals surface area contributed by atoms with Gasteiger partial charge in [-0.05, 0) is 31.0 Å². The van der Waals surface area contributed by atoms with Crippen LogP contribution in [0.4, 0.5) is 0 Å². The molecule has 1 fully saturated rings. The average molecular weight is 544 g/mol. The third-order valence-electron chi connectivity index (χ3n) is 7.43. The van der Waals surface area contributed by atoms with Crippen LogP contribution in [0.2, 0.25) is 0 Å². The monoisotopic (exact) mass is 543 g/mol. The molecule has 1 aliphatic carbocycles. The summed E-state index contributed by atoms with van der Waals surface area (Å²) in [4.78, 5) is 17.4. The summed E-state index contributed by atoms with van der Waals surface area (Å²) >= 11 is 0. The van der Waals surface area contributed by atoms with Gasteiger partial charge >= 0.3 is 0 Å². The highest BCUT2D eigenvalue weighted by molar-refractivity contribution is 5.77. The van der Waals surface area contributed by atoms with E-state index in [1.165, 1.54) is 57.4 Å². The molecule has 0 saturated carbocycles. The average Bonchev–Trinajstić information content (AvgIpc) is 2.93. The molecule has 1 aromatic rings. The van der Waals surface area contributed by atoms with Gasteiger partial charge in [0.05, 0.1) is 6.61 Å². The van der Waals surface area contributed by atoms with E-state index >= 15 is 0 Å². The van der Waals surface area contributed by atoms with Crippen molar-refractivity contribution in [1.82, 2.24) is 4.98 Å². The second kappa shape index (κ2) is 14.2. The van der Waals surface area contributed by atoms with Crippen molar-refractivity contribution >= 4 is 11.1 Å². The Balaban J connectivity index is 1.36. The topological polar surface area (TPSA) is 142 Å². The number of hydrogen-bond acceptors (Lipinski definition) is 9. The number of benzene rings is 2. The minimum atomic E-state index is -1.54. The molecule has 214 valence electrons. The zero-order valence-corrected chi connectivity index (χ0v) is 22.6. The van der Waals surface area contributed by atoms with E-state index in [-0.39, 0.29) is 11.2 Å². The molecule has 39 heavy (non-hydrogen) atoms. The van der Waals surface area contributed by atoms with Crippen molar-refractivity contribution < 1.29 is 34.3 Å². The number of aliphatic hydroxyl groups is 4. The van der Waals surface area contributed by atoms with Crippen LogP contribution < -0.4 is 10.2 Å². The summed E-state index contributed by atoms with van der Waals surface area (Å²) < 4.78 is 17.0.